The fraction of sp³-hybridized carbons (Fsp3) is 0.538. The number of thioether (sulfide) groups is 1. The molecule has 2 unspecified atom stereocenters. The average Bonchev–Trinajstić information content (AvgIpc) is 2.47. The summed E-state index contributed by atoms with van der Waals surface area (Å²) in [4.78, 5) is 26.4. The summed E-state index contributed by atoms with van der Waals surface area (Å²) in [5.74, 6) is -0.363. The quantitative estimate of drug-likeness (QED) is 0.649. The number of anilines is 1. The highest BCUT2D eigenvalue weighted by molar-refractivity contribution is 7.99. The lowest BCUT2D eigenvalue weighted by Gasteiger charge is -2.30. The van der Waals surface area contributed by atoms with E-state index in [1.54, 1.807) is 11.8 Å². The molecule has 21 heavy (non-hydrogen) atoms. The highest BCUT2D eigenvalue weighted by Gasteiger charge is 2.28. The summed E-state index contributed by atoms with van der Waals surface area (Å²) in [5.41, 5.74) is 5.18. The zero-order chi connectivity index (χ0) is 15.4. The first-order valence-electron chi connectivity index (χ1n) is 6.76. The summed E-state index contributed by atoms with van der Waals surface area (Å²) in [6.45, 7) is 0. The van der Waals surface area contributed by atoms with E-state index in [1.165, 1.54) is 6.07 Å². The second-order valence-corrected chi connectivity index (χ2v) is 6.10. The van der Waals surface area contributed by atoms with E-state index < -0.39 is 10.8 Å². The summed E-state index contributed by atoms with van der Waals surface area (Å²) >= 11 is 1.72. The van der Waals surface area contributed by atoms with Crippen molar-refractivity contribution in [2.75, 3.05) is 12.0 Å². The summed E-state index contributed by atoms with van der Waals surface area (Å²) < 4.78 is 0. The Hall–Kier alpha value is -1.83. The monoisotopic (exact) mass is 310 g/mol. The van der Waals surface area contributed by atoms with Crippen molar-refractivity contribution in [1.29, 1.82) is 0 Å². The SMILES string of the molecule is CSC1CCCCC1NC(=O)c1cc(N)ncc1[N+](=O)[O-]. The lowest BCUT2D eigenvalue weighted by Crippen LogP contribution is -2.43. The minimum atomic E-state index is -0.617. The van der Waals surface area contributed by atoms with E-state index in [2.05, 4.69) is 10.3 Å². The van der Waals surface area contributed by atoms with Crippen LogP contribution < -0.4 is 11.1 Å². The summed E-state index contributed by atoms with van der Waals surface area (Å²) in [6, 6.07) is 1.29. The highest BCUT2D eigenvalue weighted by atomic mass is 32.2. The smallest absolute Gasteiger partial charge is 0.300 e. The van der Waals surface area contributed by atoms with Gasteiger partial charge in [-0.3, -0.25) is 14.9 Å². The summed E-state index contributed by atoms with van der Waals surface area (Å²) in [6.07, 6.45) is 7.19. The van der Waals surface area contributed by atoms with Crippen LogP contribution in [0.1, 0.15) is 36.0 Å². The summed E-state index contributed by atoms with van der Waals surface area (Å²) in [7, 11) is 0. The van der Waals surface area contributed by atoms with Crippen LogP contribution in [0.3, 0.4) is 0 Å². The van der Waals surface area contributed by atoms with Crippen LogP contribution in [0.25, 0.3) is 0 Å². The zero-order valence-corrected chi connectivity index (χ0v) is 12.6. The Bertz CT molecular complexity index is 552. The van der Waals surface area contributed by atoms with Gasteiger partial charge in [-0.25, -0.2) is 4.98 Å². The van der Waals surface area contributed by atoms with Crippen molar-refractivity contribution in [3.8, 4) is 0 Å². The maximum absolute atomic E-state index is 12.3. The Balaban J connectivity index is 2.19. The van der Waals surface area contributed by atoms with Crippen LogP contribution in [0.2, 0.25) is 0 Å². The maximum Gasteiger partial charge on any atom is 0.300 e. The van der Waals surface area contributed by atoms with Gasteiger partial charge in [0.15, 0.2) is 0 Å². The van der Waals surface area contributed by atoms with Crippen molar-refractivity contribution in [3.05, 3.63) is 27.9 Å². The minimum absolute atomic E-state index is 0.0297. The largest absolute Gasteiger partial charge is 0.384 e. The maximum atomic E-state index is 12.3. The standard InChI is InChI=1S/C13H18N4O3S/c1-21-11-5-3-2-4-9(11)16-13(18)8-6-12(14)15-7-10(8)17(19)20/h6-7,9,11H,2-5H2,1H3,(H2,14,15)(H,16,18). The van der Waals surface area contributed by atoms with Gasteiger partial charge in [-0.2, -0.15) is 11.8 Å². The number of carbonyl (C=O) groups is 1. The van der Waals surface area contributed by atoms with Gasteiger partial charge in [0, 0.05) is 11.3 Å². The first-order valence-corrected chi connectivity index (χ1v) is 8.05. The first-order chi connectivity index (χ1) is 10.0. The van der Waals surface area contributed by atoms with Crippen LogP contribution in [-0.4, -0.2) is 33.4 Å². The third-order valence-corrected chi connectivity index (χ3v) is 4.84. The number of nitrogens with zero attached hydrogens (tertiary/aromatic N) is 2. The molecule has 1 saturated carbocycles. The second-order valence-electron chi connectivity index (χ2n) is 5.02. The van der Waals surface area contributed by atoms with Gasteiger partial charge in [0.2, 0.25) is 0 Å². The van der Waals surface area contributed by atoms with Gasteiger partial charge in [-0.15, -0.1) is 0 Å². The van der Waals surface area contributed by atoms with Gasteiger partial charge in [-0.1, -0.05) is 12.8 Å². The van der Waals surface area contributed by atoms with Crippen LogP contribution >= 0.6 is 11.8 Å². The third kappa shape index (κ3) is 3.63. The van der Waals surface area contributed by atoms with Crippen LogP contribution in [0.5, 0.6) is 0 Å². The van der Waals surface area contributed by atoms with E-state index in [9.17, 15) is 14.9 Å². The molecule has 1 aliphatic rings. The zero-order valence-electron chi connectivity index (χ0n) is 11.7. The lowest BCUT2D eigenvalue weighted by atomic mass is 9.94. The molecule has 0 aromatic carbocycles. The second kappa shape index (κ2) is 6.75. The molecule has 3 N–H and O–H groups in total. The van der Waals surface area contributed by atoms with Crippen LogP contribution in [-0.2, 0) is 0 Å². The number of hydrogen-bond donors (Lipinski definition) is 2. The number of nitro groups is 1. The fourth-order valence-corrected chi connectivity index (χ4v) is 3.52. The Labute approximate surface area is 126 Å². The van der Waals surface area contributed by atoms with E-state index in [0.29, 0.717) is 5.25 Å². The molecular weight excluding hydrogens is 292 g/mol. The van der Waals surface area contributed by atoms with Crippen molar-refractivity contribution < 1.29 is 9.72 Å². The molecule has 0 bridgehead atoms. The van der Waals surface area contributed by atoms with Gasteiger partial charge in [0.25, 0.3) is 11.6 Å². The summed E-state index contributed by atoms with van der Waals surface area (Å²) in [5, 5.41) is 14.3. The molecule has 1 fully saturated rings. The fourth-order valence-electron chi connectivity index (χ4n) is 2.58. The van der Waals surface area contributed by atoms with Gasteiger partial charge in [0.05, 0.1) is 4.92 Å². The minimum Gasteiger partial charge on any atom is -0.384 e. The molecule has 0 aliphatic heterocycles. The molecule has 2 rings (SSSR count). The van der Waals surface area contributed by atoms with Crippen LogP contribution in [0, 0.1) is 10.1 Å². The number of rotatable bonds is 4. The van der Waals surface area contributed by atoms with Crippen LogP contribution in [0.15, 0.2) is 12.3 Å². The molecule has 1 heterocycles. The normalized spacial score (nSPS) is 21.8. The lowest BCUT2D eigenvalue weighted by molar-refractivity contribution is -0.385. The first kappa shape index (κ1) is 15.6. The number of pyridine rings is 1. The molecule has 114 valence electrons. The van der Waals surface area contributed by atoms with E-state index in [-0.39, 0.29) is 23.1 Å². The average molecular weight is 310 g/mol. The van der Waals surface area contributed by atoms with Crippen molar-refractivity contribution in [1.82, 2.24) is 10.3 Å². The molecule has 1 aromatic heterocycles. The molecule has 1 aromatic rings. The van der Waals surface area contributed by atoms with Gasteiger partial charge in [0.1, 0.15) is 17.6 Å². The number of nitrogen functional groups attached to an aromatic ring is 1. The molecule has 7 nitrogen and oxygen atoms in total. The number of nitrogens with one attached hydrogen (secondary N) is 1. The molecule has 2 atom stereocenters. The number of hydrogen-bond acceptors (Lipinski definition) is 6. The van der Waals surface area contributed by atoms with E-state index in [0.717, 1.165) is 31.9 Å². The Morgan fingerprint density at radius 1 is 1.52 bits per heavy atom. The number of amides is 1. The van der Waals surface area contributed by atoms with Gasteiger partial charge in [-0.05, 0) is 25.2 Å². The predicted octanol–water partition coefficient (Wildman–Crippen LogP) is 1.98. The van der Waals surface area contributed by atoms with Crippen LogP contribution in [0.4, 0.5) is 11.5 Å². The van der Waals surface area contributed by atoms with E-state index in [1.807, 2.05) is 6.26 Å². The Kier molecular flexibility index (Phi) is 5.00. The van der Waals surface area contributed by atoms with Crippen molar-refractivity contribution >= 4 is 29.2 Å². The number of nitrogens with two attached hydrogens (primary N) is 1. The van der Waals surface area contributed by atoms with Crippen molar-refractivity contribution in [3.63, 3.8) is 0 Å². The van der Waals surface area contributed by atoms with Crippen molar-refractivity contribution in [2.24, 2.45) is 0 Å². The van der Waals surface area contributed by atoms with E-state index in [4.69, 9.17) is 5.73 Å². The molecule has 8 heteroatoms. The Morgan fingerprint density at radius 2 is 2.24 bits per heavy atom. The predicted molar refractivity (Wildman–Crippen MR) is 82.3 cm³/mol. The topological polar surface area (TPSA) is 111 Å². The van der Waals surface area contributed by atoms with Gasteiger partial charge >= 0.3 is 0 Å². The van der Waals surface area contributed by atoms with Crippen molar-refractivity contribution in [2.45, 2.75) is 37.0 Å². The number of carbonyl (C=O) groups excluding carboxylic acids is 1. The highest BCUT2D eigenvalue weighted by Crippen LogP contribution is 2.28. The molecule has 0 radical (unpaired) electrons. The molecule has 1 amide bonds. The van der Waals surface area contributed by atoms with Gasteiger partial charge < -0.3 is 11.1 Å². The molecule has 1 aliphatic carbocycles. The Morgan fingerprint density at radius 3 is 2.90 bits per heavy atom. The molecule has 0 saturated heterocycles. The molecule has 0 spiro atoms. The third-order valence-electron chi connectivity index (χ3n) is 3.67. The van der Waals surface area contributed by atoms with E-state index >= 15 is 0 Å². The number of aromatic nitrogens is 1. The molecular formula is C13H18N4O3S.